The summed E-state index contributed by atoms with van der Waals surface area (Å²) < 4.78 is 2.21. The van der Waals surface area contributed by atoms with Gasteiger partial charge in [-0.2, -0.15) is 5.10 Å². The van der Waals surface area contributed by atoms with E-state index in [1.165, 1.54) is 43.4 Å². The third-order valence-corrected chi connectivity index (χ3v) is 3.53. The molecule has 16 heavy (non-hydrogen) atoms. The van der Waals surface area contributed by atoms with Gasteiger partial charge in [0.1, 0.15) is 0 Å². The van der Waals surface area contributed by atoms with Crippen molar-refractivity contribution in [2.45, 2.75) is 58.5 Å². The molecular formula is C13H23N3. The number of hydrogen-bond acceptors (Lipinski definition) is 2. The second-order valence-electron chi connectivity index (χ2n) is 4.79. The minimum absolute atomic E-state index is 0.655. The Morgan fingerprint density at radius 1 is 1.38 bits per heavy atom. The van der Waals surface area contributed by atoms with Gasteiger partial charge in [-0.05, 0) is 26.3 Å². The molecule has 0 radical (unpaired) electrons. The summed E-state index contributed by atoms with van der Waals surface area (Å²) in [5.41, 5.74) is 2.54. The summed E-state index contributed by atoms with van der Waals surface area (Å²) in [6.45, 7) is 6.23. The molecule has 0 spiro atoms. The highest BCUT2D eigenvalue weighted by atomic mass is 15.3. The van der Waals surface area contributed by atoms with Crippen LogP contribution in [-0.2, 0) is 6.54 Å². The van der Waals surface area contributed by atoms with E-state index in [1.54, 1.807) is 0 Å². The first kappa shape index (κ1) is 11.6. The quantitative estimate of drug-likeness (QED) is 0.847. The van der Waals surface area contributed by atoms with Crippen molar-refractivity contribution in [1.82, 2.24) is 15.1 Å². The first-order chi connectivity index (χ1) is 7.81. The second-order valence-corrected chi connectivity index (χ2v) is 4.79. The summed E-state index contributed by atoms with van der Waals surface area (Å²) in [7, 11) is 0. The molecule has 1 aliphatic carbocycles. The van der Waals surface area contributed by atoms with Gasteiger partial charge >= 0.3 is 0 Å². The van der Waals surface area contributed by atoms with E-state index in [-0.39, 0.29) is 0 Å². The van der Waals surface area contributed by atoms with Gasteiger partial charge in [0.2, 0.25) is 0 Å². The molecule has 0 aliphatic heterocycles. The molecule has 1 saturated carbocycles. The Hall–Kier alpha value is -0.830. The minimum atomic E-state index is 0.655. The standard InChI is InChI=1S/C13H23N3/c1-3-14-9-12-10-16(15-11(12)2)13-7-5-4-6-8-13/h10,13-14H,3-9H2,1-2H3. The average molecular weight is 221 g/mol. The maximum Gasteiger partial charge on any atom is 0.0638 e. The van der Waals surface area contributed by atoms with Crippen molar-refractivity contribution in [3.8, 4) is 0 Å². The third kappa shape index (κ3) is 2.64. The number of hydrogen-bond donors (Lipinski definition) is 1. The lowest BCUT2D eigenvalue weighted by Crippen LogP contribution is -2.13. The smallest absolute Gasteiger partial charge is 0.0638 e. The van der Waals surface area contributed by atoms with Crippen molar-refractivity contribution in [2.75, 3.05) is 6.54 Å². The summed E-state index contributed by atoms with van der Waals surface area (Å²) in [4.78, 5) is 0. The zero-order chi connectivity index (χ0) is 11.4. The molecule has 2 rings (SSSR count). The maximum atomic E-state index is 4.66. The van der Waals surface area contributed by atoms with Crippen LogP contribution in [0.3, 0.4) is 0 Å². The molecule has 1 aromatic rings. The Balaban J connectivity index is 2.03. The molecule has 0 saturated heterocycles. The first-order valence-electron chi connectivity index (χ1n) is 6.56. The summed E-state index contributed by atoms with van der Waals surface area (Å²) in [6, 6.07) is 0.655. The Labute approximate surface area is 98.2 Å². The van der Waals surface area contributed by atoms with Crippen LogP contribution in [0.1, 0.15) is 56.3 Å². The van der Waals surface area contributed by atoms with Gasteiger partial charge in [0, 0.05) is 18.3 Å². The van der Waals surface area contributed by atoms with Crippen molar-refractivity contribution in [3.05, 3.63) is 17.5 Å². The van der Waals surface area contributed by atoms with Crippen LogP contribution < -0.4 is 5.32 Å². The average Bonchev–Trinajstić information content (AvgIpc) is 2.69. The number of nitrogens with one attached hydrogen (secondary N) is 1. The van der Waals surface area contributed by atoms with Crippen molar-refractivity contribution in [3.63, 3.8) is 0 Å². The molecule has 0 atom stereocenters. The van der Waals surface area contributed by atoms with Crippen LogP contribution in [0.25, 0.3) is 0 Å². The van der Waals surface area contributed by atoms with E-state index in [0.717, 1.165) is 13.1 Å². The zero-order valence-electron chi connectivity index (χ0n) is 10.5. The Morgan fingerprint density at radius 3 is 2.81 bits per heavy atom. The van der Waals surface area contributed by atoms with Crippen LogP contribution in [0.5, 0.6) is 0 Å². The largest absolute Gasteiger partial charge is 0.313 e. The van der Waals surface area contributed by atoms with E-state index in [2.05, 4.69) is 35.1 Å². The van der Waals surface area contributed by atoms with Gasteiger partial charge < -0.3 is 5.32 Å². The van der Waals surface area contributed by atoms with E-state index in [4.69, 9.17) is 0 Å². The number of rotatable bonds is 4. The highest BCUT2D eigenvalue weighted by molar-refractivity contribution is 5.15. The van der Waals surface area contributed by atoms with Crippen molar-refractivity contribution >= 4 is 0 Å². The fourth-order valence-electron chi connectivity index (χ4n) is 2.49. The normalized spacial score (nSPS) is 17.9. The molecule has 90 valence electrons. The summed E-state index contributed by atoms with van der Waals surface area (Å²) in [6.07, 6.45) is 9.00. The fourth-order valence-corrected chi connectivity index (χ4v) is 2.49. The van der Waals surface area contributed by atoms with Gasteiger partial charge in [0.25, 0.3) is 0 Å². The molecule has 1 aliphatic rings. The molecule has 1 N–H and O–H groups in total. The highest BCUT2D eigenvalue weighted by Gasteiger charge is 2.17. The van der Waals surface area contributed by atoms with Crippen LogP contribution in [0.15, 0.2) is 6.20 Å². The molecule has 1 aromatic heterocycles. The topological polar surface area (TPSA) is 29.9 Å². The number of nitrogens with zero attached hydrogens (tertiary/aromatic N) is 2. The zero-order valence-corrected chi connectivity index (χ0v) is 10.5. The van der Waals surface area contributed by atoms with Crippen LogP contribution in [0.4, 0.5) is 0 Å². The highest BCUT2D eigenvalue weighted by Crippen LogP contribution is 2.28. The van der Waals surface area contributed by atoms with Gasteiger partial charge in [-0.15, -0.1) is 0 Å². The maximum absolute atomic E-state index is 4.66. The SMILES string of the molecule is CCNCc1cn(C2CCCCC2)nc1C. The summed E-state index contributed by atoms with van der Waals surface area (Å²) >= 11 is 0. The van der Waals surface area contributed by atoms with E-state index >= 15 is 0 Å². The van der Waals surface area contributed by atoms with Crippen molar-refractivity contribution < 1.29 is 0 Å². The van der Waals surface area contributed by atoms with E-state index in [9.17, 15) is 0 Å². The Kier molecular flexibility index (Phi) is 3.99. The lowest BCUT2D eigenvalue weighted by molar-refractivity contribution is 0.328. The molecule has 0 unspecified atom stereocenters. The fraction of sp³-hybridized carbons (Fsp3) is 0.769. The molecule has 0 aromatic carbocycles. The lowest BCUT2D eigenvalue weighted by Gasteiger charge is -2.21. The summed E-state index contributed by atoms with van der Waals surface area (Å²) in [5, 5.41) is 8.03. The van der Waals surface area contributed by atoms with Crippen LogP contribution in [0, 0.1) is 6.92 Å². The molecular weight excluding hydrogens is 198 g/mol. The Morgan fingerprint density at radius 2 is 2.12 bits per heavy atom. The van der Waals surface area contributed by atoms with E-state index in [1.807, 2.05) is 0 Å². The van der Waals surface area contributed by atoms with E-state index < -0.39 is 0 Å². The van der Waals surface area contributed by atoms with Crippen LogP contribution >= 0.6 is 0 Å². The minimum Gasteiger partial charge on any atom is -0.313 e. The molecule has 1 heterocycles. The number of aryl methyl sites for hydroxylation is 1. The number of aromatic nitrogens is 2. The lowest BCUT2D eigenvalue weighted by atomic mass is 9.96. The van der Waals surface area contributed by atoms with Crippen LogP contribution in [-0.4, -0.2) is 16.3 Å². The summed E-state index contributed by atoms with van der Waals surface area (Å²) in [5.74, 6) is 0. The predicted molar refractivity (Wildman–Crippen MR) is 66.5 cm³/mol. The van der Waals surface area contributed by atoms with E-state index in [0.29, 0.717) is 6.04 Å². The van der Waals surface area contributed by atoms with Crippen molar-refractivity contribution in [1.29, 1.82) is 0 Å². The molecule has 0 amide bonds. The monoisotopic (exact) mass is 221 g/mol. The molecule has 3 nitrogen and oxygen atoms in total. The second kappa shape index (κ2) is 5.48. The molecule has 3 heteroatoms. The van der Waals surface area contributed by atoms with Gasteiger partial charge in [0.15, 0.2) is 0 Å². The first-order valence-corrected chi connectivity index (χ1v) is 6.56. The van der Waals surface area contributed by atoms with Gasteiger partial charge in [0.05, 0.1) is 11.7 Å². The van der Waals surface area contributed by atoms with Crippen LogP contribution in [0.2, 0.25) is 0 Å². The molecule has 0 bridgehead atoms. The van der Waals surface area contributed by atoms with Gasteiger partial charge in [-0.1, -0.05) is 26.2 Å². The predicted octanol–water partition coefficient (Wildman–Crippen LogP) is 2.81. The van der Waals surface area contributed by atoms with Gasteiger partial charge in [-0.25, -0.2) is 0 Å². The Bertz CT molecular complexity index is 324. The molecule has 1 fully saturated rings. The van der Waals surface area contributed by atoms with Gasteiger partial charge in [-0.3, -0.25) is 4.68 Å². The third-order valence-electron chi connectivity index (χ3n) is 3.53. The van der Waals surface area contributed by atoms with Crippen molar-refractivity contribution in [2.24, 2.45) is 0 Å².